The maximum atomic E-state index is 14.0. The van der Waals surface area contributed by atoms with E-state index in [0.29, 0.717) is 12.1 Å². The standard InChI is InChI=1S/C17H19F2N/c1-3-20-17(12(2)13-7-5-4-6-8-13)15-11-14(18)9-10-16(15)19/h4-12,17,20H,3H2,1-2H3. The van der Waals surface area contributed by atoms with Gasteiger partial charge in [0, 0.05) is 17.5 Å². The molecule has 0 aromatic heterocycles. The third kappa shape index (κ3) is 3.23. The van der Waals surface area contributed by atoms with Crippen molar-refractivity contribution in [3.05, 3.63) is 71.3 Å². The fourth-order valence-corrected chi connectivity index (χ4v) is 2.48. The molecule has 2 atom stereocenters. The Hall–Kier alpha value is -1.74. The molecule has 0 aliphatic heterocycles. The minimum Gasteiger partial charge on any atom is -0.310 e. The van der Waals surface area contributed by atoms with E-state index >= 15 is 0 Å². The number of nitrogens with one attached hydrogen (secondary N) is 1. The fraction of sp³-hybridized carbons (Fsp3) is 0.294. The number of benzene rings is 2. The van der Waals surface area contributed by atoms with Gasteiger partial charge in [0.25, 0.3) is 0 Å². The maximum absolute atomic E-state index is 14.0. The van der Waals surface area contributed by atoms with Crippen LogP contribution in [0.2, 0.25) is 0 Å². The van der Waals surface area contributed by atoms with Gasteiger partial charge in [-0.1, -0.05) is 44.2 Å². The fourth-order valence-electron chi connectivity index (χ4n) is 2.48. The van der Waals surface area contributed by atoms with E-state index < -0.39 is 5.82 Å². The molecule has 1 nitrogen and oxygen atoms in total. The lowest BCUT2D eigenvalue weighted by molar-refractivity contribution is 0.451. The molecule has 0 saturated carbocycles. The van der Waals surface area contributed by atoms with E-state index in [0.717, 1.165) is 11.6 Å². The van der Waals surface area contributed by atoms with E-state index in [2.05, 4.69) is 5.32 Å². The first-order chi connectivity index (χ1) is 9.63. The van der Waals surface area contributed by atoms with Crippen LogP contribution >= 0.6 is 0 Å². The molecule has 0 radical (unpaired) electrons. The Bertz CT molecular complexity index is 554. The highest BCUT2D eigenvalue weighted by Crippen LogP contribution is 2.32. The summed E-state index contributed by atoms with van der Waals surface area (Å²) in [6.07, 6.45) is 0. The van der Waals surface area contributed by atoms with Crippen LogP contribution in [0.15, 0.2) is 48.5 Å². The maximum Gasteiger partial charge on any atom is 0.128 e. The Kier molecular flexibility index (Phi) is 4.85. The zero-order chi connectivity index (χ0) is 14.5. The molecule has 106 valence electrons. The highest BCUT2D eigenvalue weighted by Gasteiger charge is 2.23. The Balaban J connectivity index is 2.38. The van der Waals surface area contributed by atoms with Crippen molar-refractivity contribution in [2.75, 3.05) is 6.54 Å². The molecule has 0 saturated heterocycles. The van der Waals surface area contributed by atoms with Crippen LogP contribution in [0.3, 0.4) is 0 Å². The number of likely N-dealkylation sites (N-methyl/N-ethyl adjacent to an activating group) is 1. The zero-order valence-corrected chi connectivity index (χ0v) is 11.7. The summed E-state index contributed by atoms with van der Waals surface area (Å²) >= 11 is 0. The molecule has 2 rings (SSSR count). The van der Waals surface area contributed by atoms with E-state index in [1.807, 2.05) is 44.2 Å². The first-order valence-electron chi connectivity index (χ1n) is 6.86. The normalized spacial score (nSPS) is 14.0. The summed E-state index contributed by atoms with van der Waals surface area (Å²) < 4.78 is 27.4. The largest absolute Gasteiger partial charge is 0.310 e. The summed E-state index contributed by atoms with van der Waals surface area (Å²) in [5.74, 6) is -0.739. The predicted molar refractivity (Wildman–Crippen MR) is 77.6 cm³/mol. The van der Waals surface area contributed by atoms with Crippen molar-refractivity contribution in [1.29, 1.82) is 0 Å². The molecular weight excluding hydrogens is 256 g/mol. The molecule has 1 N–H and O–H groups in total. The summed E-state index contributed by atoms with van der Waals surface area (Å²) in [6.45, 7) is 4.67. The average Bonchev–Trinajstić information content (AvgIpc) is 2.48. The molecular formula is C17H19F2N. The Morgan fingerprint density at radius 3 is 2.40 bits per heavy atom. The van der Waals surface area contributed by atoms with E-state index in [1.165, 1.54) is 12.1 Å². The van der Waals surface area contributed by atoms with Gasteiger partial charge in [-0.15, -0.1) is 0 Å². The summed E-state index contributed by atoms with van der Waals surface area (Å²) in [6, 6.07) is 13.2. The van der Waals surface area contributed by atoms with Crippen molar-refractivity contribution in [3.63, 3.8) is 0 Å². The van der Waals surface area contributed by atoms with Gasteiger partial charge >= 0.3 is 0 Å². The highest BCUT2D eigenvalue weighted by atomic mass is 19.1. The molecule has 20 heavy (non-hydrogen) atoms. The van der Waals surface area contributed by atoms with Crippen LogP contribution in [0.25, 0.3) is 0 Å². The van der Waals surface area contributed by atoms with Crippen molar-refractivity contribution in [2.24, 2.45) is 0 Å². The van der Waals surface area contributed by atoms with Crippen LogP contribution in [-0.4, -0.2) is 6.54 Å². The van der Waals surface area contributed by atoms with E-state index in [1.54, 1.807) is 0 Å². The van der Waals surface area contributed by atoms with Gasteiger partial charge in [0.2, 0.25) is 0 Å². The number of halogens is 2. The minimum absolute atomic E-state index is 0.0486. The second-order valence-corrected chi connectivity index (χ2v) is 4.90. The van der Waals surface area contributed by atoms with Crippen LogP contribution in [0.4, 0.5) is 8.78 Å². The van der Waals surface area contributed by atoms with Gasteiger partial charge in [-0.2, -0.15) is 0 Å². The lowest BCUT2D eigenvalue weighted by Crippen LogP contribution is -2.26. The van der Waals surface area contributed by atoms with Crippen molar-refractivity contribution in [2.45, 2.75) is 25.8 Å². The van der Waals surface area contributed by atoms with Crippen molar-refractivity contribution in [1.82, 2.24) is 5.32 Å². The van der Waals surface area contributed by atoms with E-state index in [-0.39, 0.29) is 17.8 Å². The summed E-state index contributed by atoms with van der Waals surface area (Å²) in [7, 11) is 0. The zero-order valence-electron chi connectivity index (χ0n) is 11.7. The van der Waals surface area contributed by atoms with Crippen molar-refractivity contribution >= 4 is 0 Å². The number of hydrogen-bond donors (Lipinski definition) is 1. The first-order valence-corrected chi connectivity index (χ1v) is 6.86. The molecule has 0 aliphatic rings. The quantitative estimate of drug-likeness (QED) is 0.851. The molecule has 2 aromatic rings. The van der Waals surface area contributed by atoms with Gasteiger partial charge in [0.05, 0.1) is 0 Å². The minimum atomic E-state index is -0.412. The second kappa shape index (κ2) is 6.62. The lowest BCUT2D eigenvalue weighted by atomic mass is 9.88. The average molecular weight is 275 g/mol. The predicted octanol–water partition coefficient (Wildman–Crippen LogP) is 4.42. The Labute approximate surface area is 118 Å². The monoisotopic (exact) mass is 275 g/mol. The molecule has 0 aliphatic carbocycles. The van der Waals surface area contributed by atoms with Crippen LogP contribution in [0.5, 0.6) is 0 Å². The lowest BCUT2D eigenvalue weighted by Gasteiger charge is -2.26. The smallest absolute Gasteiger partial charge is 0.128 e. The van der Waals surface area contributed by atoms with Crippen LogP contribution in [0, 0.1) is 11.6 Å². The molecule has 0 spiro atoms. The molecule has 2 unspecified atom stereocenters. The third-order valence-corrected chi connectivity index (χ3v) is 3.54. The van der Waals surface area contributed by atoms with Crippen LogP contribution < -0.4 is 5.32 Å². The first kappa shape index (κ1) is 14.7. The SMILES string of the molecule is CCNC(c1cc(F)ccc1F)C(C)c1ccccc1. The molecule has 3 heteroatoms. The number of hydrogen-bond acceptors (Lipinski definition) is 1. The van der Waals surface area contributed by atoms with Crippen LogP contribution in [0.1, 0.15) is 36.9 Å². The van der Waals surface area contributed by atoms with Crippen molar-refractivity contribution in [3.8, 4) is 0 Å². The summed E-state index contributed by atoms with van der Waals surface area (Å²) in [5.41, 5.74) is 1.48. The number of rotatable bonds is 5. The van der Waals surface area contributed by atoms with Crippen LogP contribution in [-0.2, 0) is 0 Å². The molecule has 2 aromatic carbocycles. The van der Waals surface area contributed by atoms with Gasteiger partial charge < -0.3 is 5.32 Å². The van der Waals surface area contributed by atoms with Gasteiger partial charge in [0.1, 0.15) is 11.6 Å². The summed E-state index contributed by atoms with van der Waals surface area (Å²) in [5, 5.41) is 3.26. The third-order valence-electron chi connectivity index (χ3n) is 3.54. The second-order valence-electron chi connectivity index (χ2n) is 4.90. The summed E-state index contributed by atoms with van der Waals surface area (Å²) in [4.78, 5) is 0. The van der Waals surface area contributed by atoms with E-state index in [4.69, 9.17) is 0 Å². The van der Waals surface area contributed by atoms with Gasteiger partial charge in [-0.05, 0) is 30.3 Å². The van der Waals surface area contributed by atoms with E-state index in [9.17, 15) is 8.78 Å². The highest BCUT2D eigenvalue weighted by molar-refractivity contribution is 5.29. The topological polar surface area (TPSA) is 12.0 Å². The van der Waals surface area contributed by atoms with Gasteiger partial charge in [-0.25, -0.2) is 8.78 Å². The molecule has 0 heterocycles. The Morgan fingerprint density at radius 1 is 1.05 bits per heavy atom. The van der Waals surface area contributed by atoms with Gasteiger partial charge in [0.15, 0.2) is 0 Å². The molecule has 0 amide bonds. The molecule has 0 bridgehead atoms. The molecule has 0 fully saturated rings. The Morgan fingerprint density at radius 2 is 1.75 bits per heavy atom. The van der Waals surface area contributed by atoms with Crippen molar-refractivity contribution < 1.29 is 8.78 Å². The van der Waals surface area contributed by atoms with Gasteiger partial charge in [-0.3, -0.25) is 0 Å².